The minimum atomic E-state index is -3.54. The third-order valence-corrected chi connectivity index (χ3v) is 5.57. The van der Waals surface area contributed by atoms with Gasteiger partial charge in [-0.1, -0.05) is 0 Å². The first-order valence-electron chi connectivity index (χ1n) is 6.46. The zero-order valence-corrected chi connectivity index (χ0v) is 12.9. The molecule has 2 rings (SSSR count). The van der Waals surface area contributed by atoms with Crippen molar-refractivity contribution >= 4 is 15.7 Å². The monoisotopic (exact) mass is 299 g/mol. The molecular formula is C13H21N3O3S. The van der Waals surface area contributed by atoms with E-state index in [1.165, 1.54) is 23.5 Å². The van der Waals surface area contributed by atoms with Gasteiger partial charge in [-0.3, -0.25) is 0 Å². The van der Waals surface area contributed by atoms with Crippen LogP contribution in [-0.4, -0.2) is 58.0 Å². The Hall–Kier alpha value is -1.31. The van der Waals surface area contributed by atoms with E-state index in [4.69, 9.17) is 10.5 Å². The molecule has 0 saturated carbocycles. The smallest absolute Gasteiger partial charge is 0.246 e. The standard InChI is InChI=1S/C13H21N3O3S/c1-15(2)11-6-7-16(9-11)20(17,18)13-5-4-10(14)8-12(13)19-3/h4-5,8,11H,6-7,9,14H2,1-3H3. The van der Waals surface area contributed by atoms with Crippen LogP contribution in [0.3, 0.4) is 0 Å². The second kappa shape index (κ2) is 5.59. The highest BCUT2D eigenvalue weighted by atomic mass is 32.2. The molecule has 20 heavy (non-hydrogen) atoms. The summed E-state index contributed by atoms with van der Waals surface area (Å²) in [5.74, 6) is 0.290. The highest BCUT2D eigenvalue weighted by Gasteiger charge is 2.34. The van der Waals surface area contributed by atoms with E-state index in [9.17, 15) is 8.42 Å². The number of methoxy groups -OCH3 is 1. The van der Waals surface area contributed by atoms with Gasteiger partial charge in [-0.15, -0.1) is 0 Å². The molecule has 0 spiro atoms. The summed E-state index contributed by atoms with van der Waals surface area (Å²) < 4.78 is 32.0. The first-order chi connectivity index (χ1) is 9.36. The SMILES string of the molecule is COc1cc(N)ccc1S(=O)(=O)N1CCC(N(C)C)C1. The number of rotatable bonds is 4. The highest BCUT2D eigenvalue weighted by molar-refractivity contribution is 7.89. The van der Waals surface area contributed by atoms with Crippen LogP contribution in [0.15, 0.2) is 23.1 Å². The molecule has 1 atom stereocenters. The van der Waals surface area contributed by atoms with Crippen molar-refractivity contribution in [1.29, 1.82) is 0 Å². The number of nitrogens with zero attached hydrogens (tertiary/aromatic N) is 2. The predicted molar refractivity (Wildman–Crippen MR) is 78.3 cm³/mol. The number of sulfonamides is 1. The number of likely N-dealkylation sites (N-methyl/N-ethyl adjacent to an activating group) is 1. The molecule has 1 heterocycles. The molecule has 7 heteroatoms. The lowest BCUT2D eigenvalue weighted by molar-refractivity contribution is 0.302. The Bertz CT molecular complexity index is 587. The van der Waals surface area contributed by atoms with E-state index in [0.717, 1.165) is 6.42 Å². The van der Waals surface area contributed by atoms with E-state index >= 15 is 0 Å². The molecule has 0 radical (unpaired) electrons. The molecule has 0 aliphatic carbocycles. The van der Waals surface area contributed by atoms with Gasteiger partial charge < -0.3 is 15.4 Å². The van der Waals surface area contributed by atoms with Crippen molar-refractivity contribution in [3.8, 4) is 5.75 Å². The zero-order chi connectivity index (χ0) is 14.9. The van der Waals surface area contributed by atoms with Gasteiger partial charge in [0, 0.05) is 30.9 Å². The third-order valence-electron chi connectivity index (χ3n) is 3.66. The minimum absolute atomic E-state index is 0.175. The van der Waals surface area contributed by atoms with Crippen molar-refractivity contribution in [2.45, 2.75) is 17.4 Å². The van der Waals surface area contributed by atoms with Gasteiger partial charge in [0.25, 0.3) is 0 Å². The van der Waals surface area contributed by atoms with Gasteiger partial charge in [0.1, 0.15) is 10.6 Å². The molecule has 1 aliphatic rings. The molecule has 1 fully saturated rings. The maximum Gasteiger partial charge on any atom is 0.246 e. The van der Waals surface area contributed by atoms with Crippen LogP contribution in [0.2, 0.25) is 0 Å². The van der Waals surface area contributed by atoms with Crippen LogP contribution in [0.1, 0.15) is 6.42 Å². The number of benzene rings is 1. The first-order valence-corrected chi connectivity index (χ1v) is 7.90. The lowest BCUT2D eigenvalue weighted by Gasteiger charge is -2.21. The van der Waals surface area contributed by atoms with Crippen molar-refractivity contribution in [3.05, 3.63) is 18.2 Å². The Morgan fingerprint density at radius 3 is 2.65 bits per heavy atom. The van der Waals surface area contributed by atoms with Crippen molar-refractivity contribution in [3.63, 3.8) is 0 Å². The van der Waals surface area contributed by atoms with Gasteiger partial charge in [0.05, 0.1) is 7.11 Å². The van der Waals surface area contributed by atoms with Crippen LogP contribution in [0.25, 0.3) is 0 Å². The molecule has 0 bridgehead atoms. The van der Waals surface area contributed by atoms with Crippen molar-refractivity contribution in [1.82, 2.24) is 9.21 Å². The van der Waals surface area contributed by atoms with Crippen molar-refractivity contribution in [2.24, 2.45) is 0 Å². The Morgan fingerprint density at radius 2 is 2.10 bits per heavy atom. The normalized spacial score (nSPS) is 20.5. The summed E-state index contributed by atoms with van der Waals surface area (Å²) in [5, 5.41) is 0. The van der Waals surface area contributed by atoms with Gasteiger partial charge in [-0.05, 0) is 32.6 Å². The van der Waals surface area contributed by atoms with E-state index < -0.39 is 10.0 Å². The number of ether oxygens (including phenoxy) is 1. The number of nitrogens with two attached hydrogens (primary N) is 1. The van der Waals surface area contributed by atoms with Crippen LogP contribution < -0.4 is 10.5 Å². The lowest BCUT2D eigenvalue weighted by atomic mass is 10.2. The maximum atomic E-state index is 12.7. The third kappa shape index (κ3) is 2.74. The van der Waals surface area contributed by atoms with Crippen molar-refractivity contribution < 1.29 is 13.2 Å². The summed E-state index contributed by atoms with van der Waals surface area (Å²) in [6.07, 6.45) is 0.837. The summed E-state index contributed by atoms with van der Waals surface area (Å²) in [5.41, 5.74) is 6.15. The van der Waals surface area contributed by atoms with Crippen LogP contribution in [-0.2, 0) is 10.0 Å². The molecule has 2 N–H and O–H groups in total. The number of nitrogen functional groups attached to an aromatic ring is 1. The molecule has 112 valence electrons. The van der Waals surface area contributed by atoms with Crippen molar-refractivity contribution in [2.75, 3.05) is 40.0 Å². The van der Waals surface area contributed by atoms with Gasteiger partial charge in [0.2, 0.25) is 10.0 Å². The van der Waals surface area contributed by atoms with E-state index in [-0.39, 0.29) is 10.9 Å². The molecule has 1 saturated heterocycles. The molecule has 0 aromatic heterocycles. The van der Waals surface area contributed by atoms with E-state index in [0.29, 0.717) is 24.5 Å². The number of anilines is 1. The van der Waals surface area contributed by atoms with Gasteiger partial charge in [-0.2, -0.15) is 4.31 Å². The van der Waals surface area contributed by atoms with Crippen LogP contribution in [0.4, 0.5) is 5.69 Å². The Kier molecular flexibility index (Phi) is 4.22. The lowest BCUT2D eigenvalue weighted by Crippen LogP contribution is -2.34. The maximum absolute atomic E-state index is 12.7. The summed E-state index contributed by atoms with van der Waals surface area (Å²) >= 11 is 0. The van der Waals surface area contributed by atoms with Crippen LogP contribution in [0.5, 0.6) is 5.75 Å². The topological polar surface area (TPSA) is 75.9 Å². The fourth-order valence-corrected chi connectivity index (χ4v) is 4.02. The van der Waals surface area contributed by atoms with Gasteiger partial charge >= 0.3 is 0 Å². The second-order valence-corrected chi connectivity index (χ2v) is 7.09. The largest absolute Gasteiger partial charge is 0.495 e. The van der Waals surface area contributed by atoms with Crippen LogP contribution >= 0.6 is 0 Å². The quantitative estimate of drug-likeness (QED) is 0.824. The molecular weight excluding hydrogens is 278 g/mol. The Labute approximate surface area is 120 Å². The number of hydrogen-bond donors (Lipinski definition) is 1. The van der Waals surface area contributed by atoms with E-state index in [1.807, 2.05) is 14.1 Å². The van der Waals surface area contributed by atoms with Gasteiger partial charge in [0.15, 0.2) is 0 Å². The zero-order valence-electron chi connectivity index (χ0n) is 12.0. The predicted octanol–water partition coefficient (Wildman–Crippen LogP) is 0.602. The molecule has 1 aromatic rings. The molecule has 6 nitrogen and oxygen atoms in total. The molecule has 0 amide bonds. The summed E-state index contributed by atoms with van der Waals surface area (Å²) in [4.78, 5) is 2.23. The molecule has 1 aliphatic heterocycles. The first kappa shape index (κ1) is 15.1. The second-order valence-electron chi connectivity index (χ2n) is 5.18. The molecule has 1 aromatic carbocycles. The fraction of sp³-hybridized carbons (Fsp3) is 0.538. The van der Waals surface area contributed by atoms with E-state index in [2.05, 4.69) is 4.90 Å². The molecule has 1 unspecified atom stereocenters. The number of hydrogen-bond acceptors (Lipinski definition) is 5. The summed E-state index contributed by atoms with van der Waals surface area (Å²) in [7, 11) is 1.83. The average molecular weight is 299 g/mol. The Balaban J connectivity index is 2.32. The Morgan fingerprint density at radius 1 is 1.40 bits per heavy atom. The summed E-state index contributed by atoms with van der Waals surface area (Å²) in [6.45, 7) is 1.03. The van der Waals surface area contributed by atoms with Crippen LogP contribution in [0, 0.1) is 0 Å². The summed E-state index contributed by atoms with van der Waals surface area (Å²) in [6, 6.07) is 4.87. The van der Waals surface area contributed by atoms with E-state index in [1.54, 1.807) is 6.07 Å². The highest BCUT2D eigenvalue weighted by Crippen LogP contribution is 2.30. The average Bonchev–Trinajstić information content (AvgIpc) is 2.88. The van der Waals surface area contributed by atoms with Gasteiger partial charge in [-0.25, -0.2) is 8.42 Å². The fourth-order valence-electron chi connectivity index (χ4n) is 2.39. The minimum Gasteiger partial charge on any atom is -0.495 e.